The van der Waals surface area contributed by atoms with Crippen LogP contribution in [0, 0.1) is 5.82 Å². The van der Waals surface area contributed by atoms with E-state index in [1.165, 1.54) is 23.9 Å². The monoisotopic (exact) mass is 330 g/mol. The Bertz CT molecular complexity index is 777. The summed E-state index contributed by atoms with van der Waals surface area (Å²) in [6.45, 7) is 0. The fourth-order valence-corrected chi connectivity index (χ4v) is 3.00. The molecule has 0 bridgehead atoms. The van der Waals surface area contributed by atoms with E-state index < -0.39 is 6.10 Å². The smallest absolute Gasteiger partial charge is 0.191 e. The number of nitrogens with zero attached hydrogens (tertiary/aromatic N) is 4. The van der Waals surface area contributed by atoms with Crippen molar-refractivity contribution >= 4 is 11.8 Å². The number of rotatable bonds is 5. The Morgan fingerprint density at radius 2 is 2.00 bits per heavy atom. The second-order valence-corrected chi connectivity index (χ2v) is 5.97. The van der Waals surface area contributed by atoms with Crippen molar-refractivity contribution in [3.05, 3.63) is 60.2 Å². The summed E-state index contributed by atoms with van der Waals surface area (Å²) >= 11 is 1.39. The first kappa shape index (κ1) is 15.6. The number of thioether (sulfide) groups is 1. The lowest BCUT2D eigenvalue weighted by molar-refractivity contribution is 0.204. The van der Waals surface area contributed by atoms with Crippen molar-refractivity contribution in [3.63, 3.8) is 0 Å². The zero-order chi connectivity index (χ0) is 16.2. The molecule has 3 rings (SSSR count). The molecular formula is C16H15FN4OS. The number of halogens is 1. The van der Waals surface area contributed by atoms with Gasteiger partial charge in [0.1, 0.15) is 5.82 Å². The molecule has 0 radical (unpaired) electrons. The highest BCUT2D eigenvalue weighted by Gasteiger charge is 2.14. The molecule has 118 valence electrons. The molecule has 1 aromatic carbocycles. The first-order chi connectivity index (χ1) is 11.1. The van der Waals surface area contributed by atoms with Crippen LogP contribution in [0.4, 0.5) is 4.39 Å². The molecular weight excluding hydrogens is 315 g/mol. The summed E-state index contributed by atoms with van der Waals surface area (Å²) in [5.74, 6) is 0.810. The highest BCUT2D eigenvalue weighted by Crippen LogP contribution is 2.26. The standard InChI is InChI=1S/C16H15FN4OS/c1-21-15(12-3-2-8-18-9-12)19-20-16(21)23-10-14(22)11-4-6-13(17)7-5-11/h2-9,14,22H,10H2,1H3/t14-/m1/s1. The molecule has 3 aromatic rings. The average Bonchev–Trinajstić information content (AvgIpc) is 2.95. The molecule has 5 nitrogen and oxygen atoms in total. The second-order valence-electron chi connectivity index (χ2n) is 4.99. The van der Waals surface area contributed by atoms with Crippen molar-refractivity contribution in [3.8, 4) is 11.4 Å². The normalized spacial score (nSPS) is 12.3. The highest BCUT2D eigenvalue weighted by atomic mass is 32.2. The van der Waals surface area contributed by atoms with Crippen LogP contribution < -0.4 is 0 Å². The maximum absolute atomic E-state index is 12.9. The molecule has 2 aromatic heterocycles. The summed E-state index contributed by atoms with van der Waals surface area (Å²) in [6, 6.07) is 9.60. The number of aliphatic hydroxyl groups excluding tert-OH is 1. The molecule has 7 heteroatoms. The van der Waals surface area contributed by atoms with Gasteiger partial charge in [-0.1, -0.05) is 23.9 Å². The van der Waals surface area contributed by atoms with Crippen molar-refractivity contribution in [1.82, 2.24) is 19.7 Å². The van der Waals surface area contributed by atoms with Gasteiger partial charge in [0.05, 0.1) is 6.10 Å². The van der Waals surface area contributed by atoms with Crippen molar-refractivity contribution < 1.29 is 9.50 Å². The van der Waals surface area contributed by atoms with Crippen molar-refractivity contribution in [2.75, 3.05) is 5.75 Å². The predicted octanol–water partition coefficient (Wildman–Crippen LogP) is 2.84. The fraction of sp³-hybridized carbons (Fsp3) is 0.188. The van der Waals surface area contributed by atoms with Gasteiger partial charge in [-0.15, -0.1) is 10.2 Å². The summed E-state index contributed by atoms with van der Waals surface area (Å²) in [7, 11) is 1.87. The van der Waals surface area contributed by atoms with E-state index in [9.17, 15) is 9.50 Å². The first-order valence-corrected chi connectivity index (χ1v) is 8.00. The van der Waals surface area contributed by atoms with Crippen LogP contribution in [-0.4, -0.2) is 30.6 Å². The molecule has 0 spiro atoms. The number of aliphatic hydroxyl groups is 1. The summed E-state index contributed by atoms with van der Waals surface area (Å²) in [6.07, 6.45) is 2.74. The van der Waals surface area contributed by atoms with E-state index in [4.69, 9.17) is 0 Å². The minimum absolute atomic E-state index is 0.317. The van der Waals surface area contributed by atoms with E-state index in [1.807, 2.05) is 23.7 Å². The van der Waals surface area contributed by atoms with E-state index >= 15 is 0 Å². The van der Waals surface area contributed by atoms with Crippen molar-refractivity contribution in [2.24, 2.45) is 7.05 Å². The van der Waals surface area contributed by atoms with Crippen molar-refractivity contribution in [2.45, 2.75) is 11.3 Å². The van der Waals surface area contributed by atoms with Gasteiger partial charge in [0.25, 0.3) is 0 Å². The Hall–Kier alpha value is -2.25. The Morgan fingerprint density at radius 1 is 1.22 bits per heavy atom. The Kier molecular flexibility index (Phi) is 4.68. The Labute approximate surface area is 137 Å². The first-order valence-electron chi connectivity index (χ1n) is 7.01. The van der Waals surface area contributed by atoms with Gasteiger partial charge >= 0.3 is 0 Å². The van der Waals surface area contributed by atoms with Crippen LogP contribution in [0.25, 0.3) is 11.4 Å². The average molecular weight is 330 g/mol. The molecule has 0 aliphatic heterocycles. The van der Waals surface area contributed by atoms with Crippen LogP contribution >= 0.6 is 11.8 Å². The Balaban J connectivity index is 1.69. The summed E-state index contributed by atoms with van der Waals surface area (Å²) in [5, 5.41) is 19.2. The summed E-state index contributed by atoms with van der Waals surface area (Å²) in [4.78, 5) is 4.07. The molecule has 1 atom stereocenters. The van der Waals surface area contributed by atoms with E-state index in [0.717, 1.165) is 11.4 Å². The van der Waals surface area contributed by atoms with E-state index in [0.29, 0.717) is 16.5 Å². The lowest BCUT2D eigenvalue weighted by Crippen LogP contribution is -2.02. The lowest BCUT2D eigenvalue weighted by atomic mass is 10.1. The Morgan fingerprint density at radius 3 is 2.70 bits per heavy atom. The van der Waals surface area contributed by atoms with E-state index in [-0.39, 0.29) is 5.82 Å². The van der Waals surface area contributed by atoms with Gasteiger partial charge in [-0.3, -0.25) is 4.98 Å². The van der Waals surface area contributed by atoms with Crippen LogP contribution in [0.3, 0.4) is 0 Å². The van der Waals surface area contributed by atoms with Gasteiger partial charge in [-0.2, -0.15) is 0 Å². The predicted molar refractivity (Wildman–Crippen MR) is 86.3 cm³/mol. The van der Waals surface area contributed by atoms with Gasteiger partial charge in [0.15, 0.2) is 11.0 Å². The van der Waals surface area contributed by atoms with Gasteiger partial charge in [0.2, 0.25) is 0 Å². The molecule has 0 unspecified atom stereocenters. The van der Waals surface area contributed by atoms with Gasteiger partial charge in [-0.25, -0.2) is 4.39 Å². The zero-order valence-corrected chi connectivity index (χ0v) is 13.2. The minimum Gasteiger partial charge on any atom is -0.388 e. The molecule has 2 heterocycles. The van der Waals surface area contributed by atoms with Crippen LogP contribution in [-0.2, 0) is 7.05 Å². The number of hydrogen-bond acceptors (Lipinski definition) is 5. The molecule has 0 aliphatic rings. The van der Waals surface area contributed by atoms with Crippen molar-refractivity contribution in [1.29, 1.82) is 0 Å². The fourth-order valence-electron chi connectivity index (χ4n) is 2.12. The molecule has 0 saturated heterocycles. The van der Waals surface area contributed by atoms with E-state index in [2.05, 4.69) is 15.2 Å². The third kappa shape index (κ3) is 3.57. The topological polar surface area (TPSA) is 63.8 Å². The number of benzene rings is 1. The number of aromatic nitrogens is 4. The molecule has 23 heavy (non-hydrogen) atoms. The molecule has 1 N–H and O–H groups in total. The number of pyridine rings is 1. The van der Waals surface area contributed by atoms with Crippen LogP contribution in [0.15, 0.2) is 53.9 Å². The van der Waals surface area contributed by atoms with Gasteiger partial charge in [0, 0.05) is 30.8 Å². The zero-order valence-electron chi connectivity index (χ0n) is 12.4. The minimum atomic E-state index is -0.695. The molecule has 0 saturated carbocycles. The maximum Gasteiger partial charge on any atom is 0.191 e. The van der Waals surface area contributed by atoms with Crippen LogP contribution in [0.5, 0.6) is 0 Å². The van der Waals surface area contributed by atoms with Crippen LogP contribution in [0.1, 0.15) is 11.7 Å². The third-order valence-electron chi connectivity index (χ3n) is 3.38. The molecule has 0 amide bonds. The summed E-state index contributed by atoms with van der Waals surface area (Å²) in [5.41, 5.74) is 1.56. The van der Waals surface area contributed by atoms with Crippen LogP contribution in [0.2, 0.25) is 0 Å². The number of hydrogen-bond donors (Lipinski definition) is 1. The molecule has 0 aliphatic carbocycles. The second kappa shape index (κ2) is 6.89. The molecule has 0 fully saturated rings. The largest absolute Gasteiger partial charge is 0.388 e. The third-order valence-corrected chi connectivity index (χ3v) is 4.48. The SMILES string of the molecule is Cn1c(SC[C@@H](O)c2ccc(F)cc2)nnc1-c1cccnc1. The maximum atomic E-state index is 12.9. The highest BCUT2D eigenvalue weighted by molar-refractivity contribution is 7.99. The van der Waals surface area contributed by atoms with Gasteiger partial charge < -0.3 is 9.67 Å². The van der Waals surface area contributed by atoms with Gasteiger partial charge in [-0.05, 0) is 29.8 Å². The van der Waals surface area contributed by atoms with E-state index in [1.54, 1.807) is 24.5 Å². The quantitative estimate of drug-likeness (QED) is 0.729. The lowest BCUT2D eigenvalue weighted by Gasteiger charge is -2.10. The summed E-state index contributed by atoms with van der Waals surface area (Å²) < 4.78 is 14.8.